The predicted octanol–water partition coefficient (Wildman–Crippen LogP) is 0.675. The van der Waals surface area contributed by atoms with Crippen LogP contribution in [-0.2, 0) is 6.54 Å². The third kappa shape index (κ3) is 2.02. The molecule has 0 saturated heterocycles. The van der Waals surface area contributed by atoms with Crippen LogP contribution in [0.4, 0.5) is 0 Å². The van der Waals surface area contributed by atoms with Crippen molar-refractivity contribution in [3.05, 3.63) is 24.5 Å². The van der Waals surface area contributed by atoms with E-state index in [1.807, 2.05) is 18.2 Å². The molecule has 3 rings (SSSR count). The van der Waals surface area contributed by atoms with Gasteiger partial charge in [-0.2, -0.15) is 5.10 Å². The summed E-state index contributed by atoms with van der Waals surface area (Å²) < 4.78 is 12.7. The first kappa shape index (κ1) is 11.0. The van der Waals surface area contributed by atoms with Crippen LogP contribution >= 0.6 is 0 Å². The van der Waals surface area contributed by atoms with Gasteiger partial charge in [0.15, 0.2) is 17.3 Å². The number of nitrogens with zero attached hydrogens (tertiary/aromatic N) is 3. The van der Waals surface area contributed by atoms with E-state index < -0.39 is 0 Å². The van der Waals surface area contributed by atoms with Crippen molar-refractivity contribution < 1.29 is 9.47 Å². The normalized spacial score (nSPS) is 13.6. The molecule has 1 aromatic heterocycles. The van der Waals surface area contributed by atoms with Gasteiger partial charge in [-0.1, -0.05) is 0 Å². The van der Waals surface area contributed by atoms with E-state index in [1.54, 1.807) is 11.0 Å². The summed E-state index contributed by atoms with van der Waals surface area (Å²) in [6, 6.07) is 5.71. The van der Waals surface area contributed by atoms with E-state index in [2.05, 4.69) is 10.1 Å². The van der Waals surface area contributed by atoms with Crippen LogP contribution in [0.1, 0.15) is 0 Å². The lowest BCUT2D eigenvalue weighted by Gasteiger charge is -2.18. The summed E-state index contributed by atoms with van der Waals surface area (Å²) in [6.07, 6.45) is 1.68. The summed E-state index contributed by atoms with van der Waals surface area (Å²) in [5.41, 5.74) is 6.39. The van der Waals surface area contributed by atoms with Crippen LogP contribution < -0.4 is 15.2 Å². The predicted molar refractivity (Wildman–Crippen MR) is 65.5 cm³/mol. The average Bonchev–Trinajstić information content (AvgIpc) is 2.87. The van der Waals surface area contributed by atoms with Gasteiger partial charge < -0.3 is 15.2 Å². The van der Waals surface area contributed by atoms with Gasteiger partial charge in [0.05, 0.1) is 6.54 Å². The van der Waals surface area contributed by atoms with Crippen LogP contribution in [0.2, 0.25) is 0 Å². The zero-order valence-corrected chi connectivity index (χ0v) is 9.87. The maximum atomic E-state index is 5.53. The van der Waals surface area contributed by atoms with Crippen LogP contribution in [-0.4, -0.2) is 34.5 Å². The SMILES string of the molecule is NCCn1cnc(-c2ccc3c(c2)OCCO3)n1. The number of hydrogen-bond donors (Lipinski definition) is 1. The molecule has 2 N–H and O–H groups in total. The van der Waals surface area contributed by atoms with Gasteiger partial charge in [-0.3, -0.25) is 4.68 Å². The zero-order valence-electron chi connectivity index (χ0n) is 9.87. The van der Waals surface area contributed by atoms with Crippen LogP contribution in [0, 0.1) is 0 Å². The zero-order chi connectivity index (χ0) is 12.4. The van der Waals surface area contributed by atoms with E-state index in [0.717, 1.165) is 17.1 Å². The van der Waals surface area contributed by atoms with Crippen LogP contribution in [0.25, 0.3) is 11.4 Å². The minimum absolute atomic E-state index is 0.546. The number of rotatable bonds is 3. The minimum Gasteiger partial charge on any atom is -0.486 e. The lowest BCUT2D eigenvalue weighted by atomic mass is 10.2. The van der Waals surface area contributed by atoms with Gasteiger partial charge in [0.25, 0.3) is 0 Å². The van der Waals surface area contributed by atoms with Crippen LogP contribution in [0.15, 0.2) is 24.5 Å². The van der Waals surface area contributed by atoms with Crippen molar-refractivity contribution >= 4 is 0 Å². The van der Waals surface area contributed by atoms with Crippen LogP contribution in [0.5, 0.6) is 11.5 Å². The van der Waals surface area contributed by atoms with Crippen molar-refractivity contribution in [3.63, 3.8) is 0 Å². The fraction of sp³-hybridized carbons (Fsp3) is 0.333. The van der Waals surface area contributed by atoms with Gasteiger partial charge in [0.1, 0.15) is 19.5 Å². The molecule has 0 atom stereocenters. The van der Waals surface area contributed by atoms with Gasteiger partial charge in [0, 0.05) is 12.1 Å². The smallest absolute Gasteiger partial charge is 0.181 e. The molecular weight excluding hydrogens is 232 g/mol. The van der Waals surface area contributed by atoms with E-state index in [4.69, 9.17) is 15.2 Å². The third-order valence-electron chi connectivity index (χ3n) is 2.70. The third-order valence-corrected chi connectivity index (χ3v) is 2.70. The molecule has 1 aromatic carbocycles. The molecule has 1 aliphatic heterocycles. The molecule has 1 aliphatic rings. The highest BCUT2D eigenvalue weighted by Crippen LogP contribution is 2.33. The van der Waals surface area contributed by atoms with Gasteiger partial charge in [-0.05, 0) is 18.2 Å². The van der Waals surface area contributed by atoms with E-state index in [0.29, 0.717) is 32.1 Å². The molecule has 2 aromatic rings. The molecule has 2 heterocycles. The number of benzene rings is 1. The number of aromatic nitrogens is 3. The highest BCUT2D eigenvalue weighted by molar-refractivity contribution is 5.60. The molecule has 18 heavy (non-hydrogen) atoms. The molecule has 0 bridgehead atoms. The topological polar surface area (TPSA) is 75.2 Å². The Hall–Kier alpha value is -2.08. The van der Waals surface area contributed by atoms with Crippen molar-refractivity contribution in [2.45, 2.75) is 6.54 Å². The van der Waals surface area contributed by atoms with Crippen molar-refractivity contribution in [2.24, 2.45) is 5.73 Å². The van der Waals surface area contributed by atoms with Crippen molar-refractivity contribution in [3.8, 4) is 22.9 Å². The summed E-state index contributed by atoms with van der Waals surface area (Å²) >= 11 is 0. The standard InChI is InChI=1S/C12H14N4O2/c13-3-4-16-8-14-12(15-16)9-1-2-10-11(7-9)18-6-5-17-10/h1-2,7-8H,3-6,13H2. The lowest BCUT2D eigenvalue weighted by Crippen LogP contribution is -2.15. The van der Waals surface area contributed by atoms with E-state index in [9.17, 15) is 0 Å². The fourth-order valence-corrected chi connectivity index (χ4v) is 1.85. The van der Waals surface area contributed by atoms with Gasteiger partial charge >= 0.3 is 0 Å². The van der Waals surface area contributed by atoms with Crippen molar-refractivity contribution in [1.82, 2.24) is 14.8 Å². The Morgan fingerprint density at radius 2 is 2.06 bits per heavy atom. The highest BCUT2D eigenvalue weighted by atomic mass is 16.6. The molecule has 0 aliphatic carbocycles. The Morgan fingerprint density at radius 3 is 2.89 bits per heavy atom. The molecule has 0 saturated carbocycles. The minimum atomic E-state index is 0.546. The summed E-state index contributed by atoms with van der Waals surface area (Å²) in [5.74, 6) is 2.18. The maximum Gasteiger partial charge on any atom is 0.181 e. The second-order valence-electron chi connectivity index (χ2n) is 3.98. The monoisotopic (exact) mass is 246 g/mol. The molecular formula is C12H14N4O2. The van der Waals surface area contributed by atoms with E-state index in [1.165, 1.54) is 0 Å². The quantitative estimate of drug-likeness (QED) is 0.861. The molecule has 6 heteroatoms. The van der Waals surface area contributed by atoms with E-state index >= 15 is 0 Å². The first-order valence-electron chi connectivity index (χ1n) is 5.86. The van der Waals surface area contributed by atoms with Gasteiger partial charge in [0.2, 0.25) is 0 Å². The summed E-state index contributed by atoms with van der Waals surface area (Å²) in [7, 11) is 0. The summed E-state index contributed by atoms with van der Waals surface area (Å²) in [5, 5.41) is 4.35. The van der Waals surface area contributed by atoms with Crippen LogP contribution in [0.3, 0.4) is 0 Å². The van der Waals surface area contributed by atoms with Gasteiger partial charge in [-0.15, -0.1) is 0 Å². The Labute approximate surface area is 104 Å². The van der Waals surface area contributed by atoms with Gasteiger partial charge in [-0.25, -0.2) is 4.98 Å². The highest BCUT2D eigenvalue weighted by Gasteiger charge is 2.13. The number of nitrogens with two attached hydrogens (primary N) is 1. The Balaban J connectivity index is 1.91. The summed E-state index contributed by atoms with van der Waals surface area (Å²) in [4.78, 5) is 4.25. The van der Waals surface area contributed by atoms with E-state index in [-0.39, 0.29) is 0 Å². The van der Waals surface area contributed by atoms with Crippen molar-refractivity contribution in [2.75, 3.05) is 19.8 Å². The second kappa shape index (κ2) is 4.66. The molecule has 94 valence electrons. The fourth-order valence-electron chi connectivity index (χ4n) is 1.85. The Kier molecular flexibility index (Phi) is 2.85. The largest absolute Gasteiger partial charge is 0.486 e. The number of ether oxygens (including phenoxy) is 2. The molecule has 0 amide bonds. The Bertz CT molecular complexity index is 553. The van der Waals surface area contributed by atoms with Crippen molar-refractivity contribution in [1.29, 1.82) is 0 Å². The maximum absolute atomic E-state index is 5.53. The number of fused-ring (bicyclic) bond motifs is 1. The first-order valence-corrected chi connectivity index (χ1v) is 5.86. The molecule has 0 unspecified atom stereocenters. The first-order chi connectivity index (χ1) is 8.86. The molecule has 0 fully saturated rings. The molecule has 6 nitrogen and oxygen atoms in total. The number of hydrogen-bond acceptors (Lipinski definition) is 5. The summed E-state index contributed by atoms with van der Waals surface area (Å²) in [6.45, 7) is 2.38. The Morgan fingerprint density at radius 1 is 1.22 bits per heavy atom. The average molecular weight is 246 g/mol. The lowest BCUT2D eigenvalue weighted by molar-refractivity contribution is 0.171. The molecule has 0 radical (unpaired) electrons. The second-order valence-corrected chi connectivity index (χ2v) is 3.98. The molecule has 0 spiro atoms.